The Hall–Kier alpha value is -3.19. The molecule has 1 saturated heterocycles. The van der Waals surface area contributed by atoms with Gasteiger partial charge in [0, 0.05) is 27.3 Å². The van der Waals surface area contributed by atoms with Gasteiger partial charge in [0.25, 0.3) is 11.8 Å². The van der Waals surface area contributed by atoms with Gasteiger partial charge >= 0.3 is 6.03 Å². The first kappa shape index (κ1) is 21.6. The van der Waals surface area contributed by atoms with Crippen LogP contribution in [0.15, 0.2) is 52.5 Å². The lowest BCUT2D eigenvalue weighted by molar-refractivity contribution is -0.131. The normalized spacial score (nSPS) is 18.6. The predicted molar refractivity (Wildman–Crippen MR) is 131 cm³/mol. The molecule has 7 heteroatoms. The Balaban J connectivity index is 1.59. The number of rotatable bonds is 3. The number of aromatic nitrogens is 1. The summed E-state index contributed by atoms with van der Waals surface area (Å²) in [4.78, 5) is 39.4. The third-order valence-corrected chi connectivity index (χ3v) is 7.37. The van der Waals surface area contributed by atoms with Crippen LogP contribution in [0, 0.1) is 13.8 Å². The van der Waals surface area contributed by atoms with Gasteiger partial charge in [-0.05, 0) is 61.9 Å². The number of aryl methyl sites for hydroxylation is 1. The summed E-state index contributed by atoms with van der Waals surface area (Å²) in [6.45, 7) is 3.98. The Morgan fingerprint density at radius 1 is 1.00 bits per heavy atom. The number of hydrogen-bond acceptors (Lipinski definition) is 3. The second kappa shape index (κ2) is 8.30. The van der Waals surface area contributed by atoms with Gasteiger partial charge in [0.15, 0.2) is 0 Å². The molecule has 5 rings (SSSR count). The quantitative estimate of drug-likeness (QED) is 0.381. The van der Waals surface area contributed by atoms with Crippen LogP contribution in [0.3, 0.4) is 0 Å². The zero-order valence-electron chi connectivity index (χ0n) is 18.5. The number of carbonyl (C=O) groups excluding carboxylic acids is 3. The molecule has 2 heterocycles. The molecule has 1 aromatic heterocycles. The van der Waals surface area contributed by atoms with Crippen molar-refractivity contribution >= 4 is 50.6 Å². The molecule has 1 aliphatic heterocycles. The second-order valence-corrected chi connectivity index (χ2v) is 9.56. The third-order valence-electron chi connectivity index (χ3n) is 6.68. The minimum Gasteiger partial charge on any atom is -0.317 e. The van der Waals surface area contributed by atoms with Crippen molar-refractivity contribution in [2.24, 2.45) is 0 Å². The maximum Gasteiger partial charge on any atom is 0.331 e. The Morgan fingerprint density at radius 3 is 2.42 bits per heavy atom. The van der Waals surface area contributed by atoms with Gasteiger partial charge in [0.05, 0.1) is 5.69 Å². The number of urea groups is 1. The molecule has 1 saturated carbocycles. The molecular formula is C26H24BrN3O3. The molecule has 168 valence electrons. The lowest BCUT2D eigenvalue weighted by Gasteiger charge is -2.31. The van der Waals surface area contributed by atoms with Crippen molar-refractivity contribution in [2.75, 3.05) is 0 Å². The molecule has 2 aliphatic rings. The van der Waals surface area contributed by atoms with Crippen molar-refractivity contribution in [3.8, 4) is 5.69 Å². The first-order chi connectivity index (χ1) is 15.9. The van der Waals surface area contributed by atoms with E-state index in [4.69, 9.17) is 0 Å². The van der Waals surface area contributed by atoms with E-state index < -0.39 is 17.8 Å². The number of hydrogen-bond donors (Lipinski definition) is 1. The average molecular weight is 506 g/mol. The average Bonchev–Trinajstić information content (AvgIpc) is 3.40. The van der Waals surface area contributed by atoms with E-state index in [2.05, 4.69) is 44.0 Å². The molecule has 2 aromatic carbocycles. The fraction of sp³-hybridized carbons (Fsp3) is 0.269. The van der Waals surface area contributed by atoms with E-state index in [0.29, 0.717) is 0 Å². The molecule has 3 aromatic rings. The van der Waals surface area contributed by atoms with Gasteiger partial charge < -0.3 is 4.57 Å². The topological polar surface area (TPSA) is 71.4 Å². The molecule has 0 unspecified atom stereocenters. The summed E-state index contributed by atoms with van der Waals surface area (Å²) in [7, 11) is 0. The standard InChI is InChI=1S/C26H24BrN3O3/c1-15-13-17(14-21-24(31)28-26(33)30(25(21)32)18-7-3-4-8-18)16(2)29(15)23-12-11-22(27)19-9-5-6-10-20(19)23/h5-6,9-14,18H,3-4,7-8H2,1-2H3,(H,28,31,33)/b21-14-. The summed E-state index contributed by atoms with van der Waals surface area (Å²) in [5.74, 6) is -1.15. The Kier molecular flexibility index (Phi) is 5.44. The van der Waals surface area contributed by atoms with E-state index in [0.717, 1.165) is 63.6 Å². The Bertz CT molecular complexity index is 1350. The largest absolute Gasteiger partial charge is 0.331 e. The van der Waals surface area contributed by atoms with E-state index in [1.54, 1.807) is 6.08 Å². The fourth-order valence-electron chi connectivity index (χ4n) is 5.07. The molecule has 1 aliphatic carbocycles. The zero-order valence-corrected chi connectivity index (χ0v) is 20.1. The molecule has 0 spiro atoms. The first-order valence-electron chi connectivity index (χ1n) is 11.1. The molecule has 2 fully saturated rings. The van der Waals surface area contributed by atoms with E-state index in [-0.39, 0.29) is 11.6 Å². The number of nitrogens with zero attached hydrogens (tertiary/aromatic N) is 2. The summed E-state index contributed by atoms with van der Waals surface area (Å²) in [5.41, 5.74) is 3.70. The number of amides is 4. The minimum atomic E-state index is -0.641. The highest BCUT2D eigenvalue weighted by Gasteiger charge is 2.40. The lowest BCUT2D eigenvalue weighted by Crippen LogP contribution is -2.57. The van der Waals surface area contributed by atoms with Crippen LogP contribution in [0.2, 0.25) is 0 Å². The third kappa shape index (κ3) is 3.60. The molecule has 0 radical (unpaired) electrons. The summed E-state index contributed by atoms with van der Waals surface area (Å²) in [6.07, 6.45) is 5.15. The van der Waals surface area contributed by atoms with Crippen LogP contribution in [-0.2, 0) is 9.59 Å². The van der Waals surface area contributed by atoms with Crippen LogP contribution < -0.4 is 5.32 Å². The molecule has 4 amide bonds. The van der Waals surface area contributed by atoms with Crippen LogP contribution in [-0.4, -0.2) is 33.4 Å². The second-order valence-electron chi connectivity index (χ2n) is 8.70. The molecule has 0 bridgehead atoms. The summed E-state index contributed by atoms with van der Waals surface area (Å²) >= 11 is 3.63. The number of nitrogens with one attached hydrogen (secondary N) is 1. The van der Waals surface area contributed by atoms with Gasteiger partial charge in [-0.25, -0.2) is 4.79 Å². The van der Waals surface area contributed by atoms with Crippen molar-refractivity contribution in [3.63, 3.8) is 0 Å². The Morgan fingerprint density at radius 2 is 1.70 bits per heavy atom. The Labute approximate surface area is 200 Å². The maximum absolute atomic E-state index is 13.2. The fourth-order valence-corrected chi connectivity index (χ4v) is 5.54. The summed E-state index contributed by atoms with van der Waals surface area (Å²) < 4.78 is 3.15. The number of fused-ring (bicyclic) bond motifs is 1. The monoisotopic (exact) mass is 505 g/mol. The van der Waals surface area contributed by atoms with Crippen molar-refractivity contribution in [3.05, 3.63) is 69.5 Å². The number of halogens is 1. The number of barbiturate groups is 1. The first-order valence-corrected chi connectivity index (χ1v) is 11.9. The lowest BCUT2D eigenvalue weighted by atomic mass is 10.1. The van der Waals surface area contributed by atoms with E-state index >= 15 is 0 Å². The molecular weight excluding hydrogens is 482 g/mol. The highest BCUT2D eigenvalue weighted by Crippen LogP contribution is 2.33. The highest BCUT2D eigenvalue weighted by atomic mass is 79.9. The smallest absolute Gasteiger partial charge is 0.317 e. The van der Waals surface area contributed by atoms with Crippen LogP contribution in [0.4, 0.5) is 4.79 Å². The minimum absolute atomic E-state index is 0.00224. The van der Waals surface area contributed by atoms with Crippen LogP contribution in [0.5, 0.6) is 0 Å². The number of benzene rings is 2. The van der Waals surface area contributed by atoms with Gasteiger partial charge in [-0.2, -0.15) is 0 Å². The van der Waals surface area contributed by atoms with Gasteiger partial charge in [0.2, 0.25) is 0 Å². The van der Waals surface area contributed by atoms with E-state index in [1.165, 1.54) is 4.90 Å². The highest BCUT2D eigenvalue weighted by molar-refractivity contribution is 9.10. The van der Waals surface area contributed by atoms with Crippen LogP contribution in [0.1, 0.15) is 42.6 Å². The number of imide groups is 2. The van der Waals surface area contributed by atoms with Crippen molar-refractivity contribution in [2.45, 2.75) is 45.6 Å². The van der Waals surface area contributed by atoms with E-state index in [9.17, 15) is 14.4 Å². The van der Waals surface area contributed by atoms with Crippen LogP contribution >= 0.6 is 15.9 Å². The maximum atomic E-state index is 13.2. The molecule has 6 nitrogen and oxygen atoms in total. The van der Waals surface area contributed by atoms with E-state index in [1.807, 2.05) is 38.1 Å². The molecule has 33 heavy (non-hydrogen) atoms. The van der Waals surface area contributed by atoms with Gasteiger partial charge in [-0.1, -0.05) is 53.0 Å². The van der Waals surface area contributed by atoms with Gasteiger partial charge in [-0.3, -0.25) is 19.8 Å². The van der Waals surface area contributed by atoms with Crippen molar-refractivity contribution in [1.82, 2.24) is 14.8 Å². The summed E-state index contributed by atoms with van der Waals surface area (Å²) in [5, 5.41) is 4.56. The summed E-state index contributed by atoms with van der Waals surface area (Å²) in [6, 6.07) is 13.5. The number of carbonyl (C=O) groups is 3. The molecule has 0 atom stereocenters. The molecule has 1 N–H and O–H groups in total. The van der Waals surface area contributed by atoms with Crippen molar-refractivity contribution in [1.29, 1.82) is 0 Å². The zero-order chi connectivity index (χ0) is 23.3. The van der Waals surface area contributed by atoms with Crippen LogP contribution in [0.25, 0.3) is 22.5 Å². The SMILES string of the molecule is Cc1cc(/C=C2/C(=O)NC(=O)N(C3CCCC3)C2=O)c(C)n1-c1ccc(Br)c2ccccc12. The predicted octanol–water partition coefficient (Wildman–Crippen LogP) is 5.41. The van der Waals surface area contributed by atoms with Crippen molar-refractivity contribution < 1.29 is 14.4 Å². The van der Waals surface area contributed by atoms with Gasteiger partial charge in [0.1, 0.15) is 5.57 Å². The van der Waals surface area contributed by atoms with Gasteiger partial charge in [-0.15, -0.1) is 0 Å².